The zero-order valence-electron chi connectivity index (χ0n) is 12.0. The Morgan fingerprint density at radius 2 is 2.00 bits per heavy atom. The van der Waals surface area contributed by atoms with Gasteiger partial charge < -0.3 is 19.7 Å². The van der Waals surface area contributed by atoms with E-state index in [2.05, 4.69) is 15.5 Å². The van der Waals surface area contributed by atoms with Gasteiger partial charge in [0.15, 0.2) is 5.60 Å². The molecule has 0 radical (unpaired) electrons. The monoisotopic (exact) mass is 281 g/mol. The van der Waals surface area contributed by atoms with Gasteiger partial charge in [0.05, 0.1) is 0 Å². The van der Waals surface area contributed by atoms with E-state index in [9.17, 15) is 5.11 Å². The van der Waals surface area contributed by atoms with Crippen LogP contribution in [0.15, 0.2) is 4.52 Å². The fraction of sp³-hybridized carbons (Fsp3) is 0.857. The molecule has 2 N–H and O–H groups in total. The molecule has 1 aromatic heterocycles. The van der Waals surface area contributed by atoms with E-state index in [1.807, 2.05) is 0 Å². The summed E-state index contributed by atoms with van der Waals surface area (Å²) in [6, 6.07) is 0. The minimum Gasteiger partial charge on any atom is -0.379 e. The van der Waals surface area contributed by atoms with E-state index in [0.717, 1.165) is 38.6 Å². The molecule has 2 fully saturated rings. The molecular formula is C14H23N3O3. The van der Waals surface area contributed by atoms with Gasteiger partial charge in [0.1, 0.15) is 5.60 Å². The largest absolute Gasteiger partial charge is 0.379 e. The predicted octanol–water partition coefficient (Wildman–Crippen LogP) is 1.45. The molecular weight excluding hydrogens is 258 g/mol. The van der Waals surface area contributed by atoms with E-state index in [1.165, 1.54) is 6.42 Å². The maximum Gasteiger partial charge on any atom is 0.260 e. The first-order chi connectivity index (χ1) is 9.69. The highest BCUT2D eigenvalue weighted by atomic mass is 16.5. The van der Waals surface area contributed by atoms with Gasteiger partial charge in [-0.3, -0.25) is 0 Å². The number of methoxy groups -OCH3 is 1. The van der Waals surface area contributed by atoms with E-state index in [1.54, 1.807) is 7.11 Å². The summed E-state index contributed by atoms with van der Waals surface area (Å²) < 4.78 is 11.1. The molecule has 1 unspecified atom stereocenters. The Labute approximate surface area is 118 Å². The number of rotatable bonds is 3. The van der Waals surface area contributed by atoms with Crippen LogP contribution >= 0.6 is 0 Å². The van der Waals surface area contributed by atoms with Crippen molar-refractivity contribution in [3.05, 3.63) is 11.7 Å². The van der Waals surface area contributed by atoms with E-state index in [0.29, 0.717) is 24.7 Å². The Bertz CT molecular complexity index is 448. The number of nitrogens with one attached hydrogen (secondary N) is 1. The highest BCUT2D eigenvalue weighted by Gasteiger charge is 2.42. The van der Waals surface area contributed by atoms with Crippen LogP contribution in [0.25, 0.3) is 0 Å². The Balaban J connectivity index is 1.85. The molecule has 20 heavy (non-hydrogen) atoms. The number of nitrogens with zero attached hydrogens (tertiary/aromatic N) is 2. The van der Waals surface area contributed by atoms with Crippen molar-refractivity contribution in [2.45, 2.75) is 56.1 Å². The zero-order chi connectivity index (χ0) is 14.1. The van der Waals surface area contributed by atoms with Crippen LogP contribution in [0, 0.1) is 0 Å². The molecule has 1 atom stereocenters. The molecule has 3 rings (SSSR count). The van der Waals surface area contributed by atoms with E-state index in [-0.39, 0.29) is 0 Å². The van der Waals surface area contributed by atoms with E-state index >= 15 is 0 Å². The van der Waals surface area contributed by atoms with Gasteiger partial charge in [-0.15, -0.1) is 0 Å². The van der Waals surface area contributed by atoms with Gasteiger partial charge in [-0.25, -0.2) is 0 Å². The maximum absolute atomic E-state index is 10.6. The van der Waals surface area contributed by atoms with Gasteiger partial charge in [-0.05, 0) is 32.2 Å². The highest BCUT2D eigenvalue weighted by Crippen LogP contribution is 2.39. The second-order valence-corrected chi connectivity index (χ2v) is 5.99. The van der Waals surface area contributed by atoms with Crippen LogP contribution in [-0.4, -0.2) is 35.4 Å². The molecule has 1 aliphatic heterocycles. The summed E-state index contributed by atoms with van der Waals surface area (Å²) in [5.74, 6) is 0.912. The van der Waals surface area contributed by atoms with Crippen molar-refractivity contribution < 1.29 is 14.4 Å². The average molecular weight is 281 g/mol. The third-order valence-electron chi connectivity index (χ3n) is 4.64. The number of aliphatic hydroxyl groups is 1. The maximum atomic E-state index is 10.6. The fourth-order valence-corrected chi connectivity index (χ4v) is 3.31. The summed E-state index contributed by atoms with van der Waals surface area (Å²) >= 11 is 0. The number of hydrogen-bond donors (Lipinski definition) is 2. The fourth-order valence-electron chi connectivity index (χ4n) is 3.31. The molecule has 0 aromatic carbocycles. The lowest BCUT2D eigenvalue weighted by Crippen LogP contribution is -2.43. The van der Waals surface area contributed by atoms with Crippen molar-refractivity contribution in [3.8, 4) is 0 Å². The van der Waals surface area contributed by atoms with Crippen LogP contribution in [0.5, 0.6) is 0 Å². The number of aromatic nitrogens is 2. The van der Waals surface area contributed by atoms with Gasteiger partial charge in [0.25, 0.3) is 5.89 Å². The molecule has 112 valence electrons. The number of ether oxygens (including phenoxy) is 1. The van der Waals surface area contributed by atoms with E-state index in [4.69, 9.17) is 9.26 Å². The summed E-state index contributed by atoms with van der Waals surface area (Å²) in [5, 5.41) is 17.9. The Morgan fingerprint density at radius 1 is 1.20 bits per heavy atom. The van der Waals surface area contributed by atoms with Crippen LogP contribution in [0.3, 0.4) is 0 Å². The lowest BCUT2D eigenvalue weighted by atomic mass is 9.84. The molecule has 1 aromatic rings. The molecule has 2 aliphatic rings. The standard InChI is InChI=1S/C14H23N3O3/c1-19-14(7-3-2-4-8-14)11-16-12(20-17-11)13(18)6-5-9-15-10-13/h15,18H,2-10H2,1H3. The van der Waals surface area contributed by atoms with Gasteiger partial charge >= 0.3 is 0 Å². The average Bonchev–Trinajstić information content (AvgIpc) is 3.00. The molecule has 2 heterocycles. The molecule has 0 bridgehead atoms. The van der Waals surface area contributed by atoms with Gasteiger partial charge in [0, 0.05) is 13.7 Å². The molecule has 6 nitrogen and oxygen atoms in total. The molecule has 1 saturated carbocycles. The first kappa shape index (κ1) is 14.0. The Hall–Kier alpha value is -0.980. The lowest BCUT2D eigenvalue weighted by molar-refractivity contribution is -0.0527. The number of β-amino-alcohol motifs (C(OH)–C–C–N with tert-alkyl or cyclic N) is 1. The minimum absolute atomic E-state index is 0.321. The topological polar surface area (TPSA) is 80.4 Å². The SMILES string of the molecule is COC1(c2noc(C3(O)CCCNC3)n2)CCCCC1. The highest BCUT2D eigenvalue weighted by molar-refractivity contribution is 5.08. The summed E-state index contributed by atoms with van der Waals surface area (Å²) in [4.78, 5) is 4.48. The van der Waals surface area contributed by atoms with Gasteiger partial charge in [-0.2, -0.15) is 4.98 Å². The molecule has 6 heteroatoms. The van der Waals surface area contributed by atoms with Crippen molar-refractivity contribution >= 4 is 0 Å². The number of piperidine rings is 1. The molecule has 0 spiro atoms. The van der Waals surface area contributed by atoms with Crippen molar-refractivity contribution in [1.29, 1.82) is 0 Å². The summed E-state index contributed by atoms with van der Waals surface area (Å²) in [6.45, 7) is 1.39. The minimum atomic E-state index is -1.03. The summed E-state index contributed by atoms with van der Waals surface area (Å²) in [6.07, 6.45) is 6.85. The van der Waals surface area contributed by atoms with Crippen molar-refractivity contribution in [3.63, 3.8) is 0 Å². The first-order valence-electron chi connectivity index (χ1n) is 7.51. The second kappa shape index (κ2) is 5.42. The molecule has 1 aliphatic carbocycles. The first-order valence-corrected chi connectivity index (χ1v) is 7.51. The number of hydrogen-bond acceptors (Lipinski definition) is 6. The molecule has 1 saturated heterocycles. The third kappa shape index (κ3) is 2.36. The van der Waals surface area contributed by atoms with Gasteiger partial charge in [-0.1, -0.05) is 24.4 Å². The summed E-state index contributed by atoms with van der Waals surface area (Å²) in [7, 11) is 1.71. The predicted molar refractivity (Wildman–Crippen MR) is 72.1 cm³/mol. The van der Waals surface area contributed by atoms with Gasteiger partial charge in [0.2, 0.25) is 5.82 Å². The lowest BCUT2D eigenvalue weighted by Gasteiger charge is -2.33. The zero-order valence-corrected chi connectivity index (χ0v) is 12.0. The van der Waals surface area contributed by atoms with Crippen molar-refractivity contribution in [2.24, 2.45) is 0 Å². The van der Waals surface area contributed by atoms with Crippen LogP contribution in [0.1, 0.15) is 56.7 Å². The normalized spacial score (nSPS) is 30.3. The van der Waals surface area contributed by atoms with Crippen LogP contribution in [0.2, 0.25) is 0 Å². The Morgan fingerprint density at radius 3 is 2.65 bits per heavy atom. The van der Waals surface area contributed by atoms with Crippen LogP contribution < -0.4 is 5.32 Å². The van der Waals surface area contributed by atoms with Crippen molar-refractivity contribution in [2.75, 3.05) is 20.2 Å². The van der Waals surface area contributed by atoms with E-state index < -0.39 is 11.2 Å². The smallest absolute Gasteiger partial charge is 0.260 e. The van der Waals surface area contributed by atoms with Crippen LogP contribution in [0.4, 0.5) is 0 Å². The Kier molecular flexibility index (Phi) is 3.79. The quantitative estimate of drug-likeness (QED) is 0.873. The second-order valence-electron chi connectivity index (χ2n) is 5.99. The summed E-state index contributed by atoms with van der Waals surface area (Å²) in [5.41, 5.74) is -1.47. The van der Waals surface area contributed by atoms with Crippen LogP contribution in [-0.2, 0) is 15.9 Å². The molecule has 0 amide bonds. The van der Waals surface area contributed by atoms with Crippen molar-refractivity contribution in [1.82, 2.24) is 15.5 Å². The third-order valence-corrected chi connectivity index (χ3v) is 4.64.